The molecule has 2 amide bonds. The number of aryl methyl sites for hydroxylation is 2. The maximum Gasteiger partial charge on any atom is 0.244 e. The fourth-order valence-electron chi connectivity index (χ4n) is 3.64. The predicted molar refractivity (Wildman–Crippen MR) is 135 cm³/mol. The van der Waals surface area contributed by atoms with Gasteiger partial charge in [-0.25, -0.2) is 9.37 Å². The van der Waals surface area contributed by atoms with Gasteiger partial charge in [-0.05, 0) is 61.9 Å². The summed E-state index contributed by atoms with van der Waals surface area (Å²) in [6.07, 6.45) is 0. The average Bonchev–Trinajstić information content (AvgIpc) is 3.16. The lowest BCUT2D eigenvalue weighted by molar-refractivity contribution is -0.117. The van der Waals surface area contributed by atoms with E-state index in [0.717, 1.165) is 27.8 Å². The zero-order valence-corrected chi connectivity index (χ0v) is 20.0. The lowest BCUT2D eigenvalue weighted by atomic mass is 10.1. The summed E-state index contributed by atoms with van der Waals surface area (Å²) in [4.78, 5) is 31.8. The van der Waals surface area contributed by atoms with E-state index in [0.29, 0.717) is 10.8 Å². The summed E-state index contributed by atoms with van der Waals surface area (Å²) in [5, 5.41) is 3.56. The monoisotopic (exact) mass is 476 g/mol. The second-order valence-electron chi connectivity index (χ2n) is 8.05. The predicted octanol–water partition coefficient (Wildman–Crippen LogP) is 5.19. The molecule has 6 nitrogen and oxygen atoms in total. The Kier molecular flexibility index (Phi) is 6.98. The molecular weight excluding hydrogens is 451 g/mol. The Labute approximate surface area is 201 Å². The van der Waals surface area contributed by atoms with Crippen LogP contribution in [0.4, 0.5) is 15.8 Å². The van der Waals surface area contributed by atoms with Crippen molar-refractivity contribution in [2.75, 3.05) is 23.0 Å². The minimum Gasteiger partial charge on any atom is -0.324 e. The molecule has 8 heteroatoms. The number of carbonyl (C=O) groups is 2. The van der Waals surface area contributed by atoms with E-state index in [1.165, 1.54) is 28.8 Å². The van der Waals surface area contributed by atoms with Gasteiger partial charge >= 0.3 is 0 Å². The van der Waals surface area contributed by atoms with Gasteiger partial charge in [0, 0.05) is 18.4 Å². The van der Waals surface area contributed by atoms with E-state index in [-0.39, 0.29) is 29.9 Å². The number of hydrogen-bond acceptors (Lipinski definition) is 4. The Bertz CT molecular complexity index is 1350. The zero-order valence-electron chi connectivity index (χ0n) is 19.2. The molecule has 34 heavy (non-hydrogen) atoms. The molecule has 0 aliphatic heterocycles. The van der Waals surface area contributed by atoms with Gasteiger partial charge < -0.3 is 14.8 Å². The topological polar surface area (TPSA) is 67.2 Å². The van der Waals surface area contributed by atoms with Crippen LogP contribution in [0.2, 0.25) is 0 Å². The van der Waals surface area contributed by atoms with E-state index in [1.54, 1.807) is 19.2 Å². The molecule has 4 aromatic rings. The van der Waals surface area contributed by atoms with Crippen molar-refractivity contribution >= 4 is 46.0 Å². The number of nitrogens with one attached hydrogen (secondary N) is 1. The summed E-state index contributed by atoms with van der Waals surface area (Å²) in [7, 11) is 1.65. The highest BCUT2D eigenvalue weighted by atomic mass is 32.2. The number of carbonyl (C=O) groups excluding carboxylic acids is 2. The van der Waals surface area contributed by atoms with Crippen molar-refractivity contribution in [1.82, 2.24) is 9.55 Å². The number of hydrogen-bond donors (Lipinski definition) is 1. The van der Waals surface area contributed by atoms with Crippen LogP contribution in [0.5, 0.6) is 0 Å². The SMILES string of the molecule is Cc1ccc(NC(=O)Cn2c(SCC(=O)N(C)c3ccc(F)cc3)nc3ccccc32)c(C)c1. The molecule has 1 aromatic heterocycles. The number of para-hydroxylation sites is 2. The van der Waals surface area contributed by atoms with Crippen LogP contribution in [0, 0.1) is 19.7 Å². The molecule has 0 bridgehead atoms. The molecule has 3 aromatic carbocycles. The minimum absolute atomic E-state index is 0.0676. The molecule has 0 spiro atoms. The fourth-order valence-corrected chi connectivity index (χ4v) is 4.56. The Morgan fingerprint density at radius 2 is 1.79 bits per heavy atom. The smallest absolute Gasteiger partial charge is 0.244 e. The van der Waals surface area contributed by atoms with Crippen molar-refractivity contribution in [2.24, 2.45) is 0 Å². The maximum absolute atomic E-state index is 13.2. The van der Waals surface area contributed by atoms with Gasteiger partial charge in [-0.1, -0.05) is 41.6 Å². The molecule has 0 fully saturated rings. The molecule has 0 saturated carbocycles. The molecular formula is C26H25FN4O2S. The maximum atomic E-state index is 13.2. The molecule has 174 valence electrons. The highest BCUT2D eigenvalue weighted by Gasteiger charge is 2.18. The van der Waals surface area contributed by atoms with E-state index in [4.69, 9.17) is 0 Å². The third-order valence-corrected chi connectivity index (χ3v) is 6.45. The molecule has 0 aliphatic rings. The number of thioether (sulfide) groups is 1. The van der Waals surface area contributed by atoms with Gasteiger partial charge in [0.25, 0.3) is 0 Å². The molecule has 0 aliphatic carbocycles. The van der Waals surface area contributed by atoms with Crippen molar-refractivity contribution in [3.8, 4) is 0 Å². The number of fused-ring (bicyclic) bond motifs is 1. The molecule has 1 N–H and O–H groups in total. The van der Waals surface area contributed by atoms with Crippen LogP contribution in [-0.4, -0.2) is 34.2 Å². The van der Waals surface area contributed by atoms with Gasteiger partial charge in [0.15, 0.2) is 5.16 Å². The van der Waals surface area contributed by atoms with Crippen molar-refractivity contribution in [3.63, 3.8) is 0 Å². The molecule has 4 rings (SSSR count). The van der Waals surface area contributed by atoms with Crippen LogP contribution < -0.4 is 10.2 Å². The van der Waals surface area contributed by atoms with Crippen LogP contribution in [0.15, 0.2) is 71.9 Å². The first-order chi connectivity index (χ1) is 16.3. The number of nitrogens with zero attached hydrogens (tertiary/aromatic N) is 3. The number of halogens is 1. The first-order valence-corrected chi connectivity index (χ1v) is 11.8. The fraction of sp³-hybridized carbons (Fsp3) is 0.192. The highest BCUT2D eigenvalue weighted by Crippen LogP contribution is 2.25. The Morgan fingerprint density at radius 1 is 1.06 bits per heavy atom. The van der Waals surface area contributed by atoms with Crippen LogP contribution in [0.1, 0.15) is 11.1 Å². The zero-order chi connectivity index (χ0) is 24.2. The number of amides is 2. The standard InChI is InChI=1S/C26H25FN4O2S/c1-17-8-13-21(18(2)14-17)28-24(32)15-31-23-7-5-4-6-22(23)29-26(31)34-16-25(33)30(3)20-11-9-19(27)10-12-20/h4-14H,15-16H2,1-3H3,(H,28,32). The summed E-state index contributed by atoms with van der Waals surface area (Å²) < 4.78 is 15.0. The highest BCUT2D eigenvalue weighted by molar-refractivity contribution is 7.99. The second kappa shape index (κ2) is 10.1. The number of anilines is 2. The second-order valence-corrected chi connectivity index (χ2v) is 9.00. The molecule has 0 unspecified atom stereocenters. The largest absolute Gasteiger partial charge is 0.324 e. The van der Waals surface area contributed by atoms with Crippen molar-refractivity contribution in [1.29, 1.82) is 0 Å². The summed E-state index contributed by atoms with van der Waals surface area (Å²) in [5.74, 6) is -0.566. The first kappa shape index (κ1) is 23.5. The Balaban J connectivity index is 1.51. The van der Waals surface area contributed by atoms with Crippen LogP contribution in [-0.2, 0) is 16.1 Å². The van der Waals surface area contributed by atoms with Crippen LogP contribution in [0.25, 0.3) is 11.0 Å². The third kappa shape index (κ3) is 5.28. The lowest BCUT2D eigenvalue weighted by Gasteiger charge is -2.17. The van der Waals surface area contributed by atoms with Crippen molar-refractivity contribution in [2.45, 2.75) is 25.5 Å². The summed E-state index contributed by atoms with van der Waals surface area (Å²) in [6, 6.07) is 19.2. The average molecular weight is 477 g/mol. The first-order valence-electron chi connectivity index (χ1n) is 10.8. The van der Waals surface area contributed by atoms with Gasteiger partial charge in [0.2, 0.25) is 11.8 Å². The number of rotatable bonds is 7. The van der Waals surface area contributed by atoms with Crippen molar-refractivity contribution < 1.29 is 14.0 Å². The van der Waals surface area contributed by atoms with Crippen LogP contribution >= 0.6 is 11.8 Å². The van der Waals surface area contributed by atoms with Gasteiger partial charge in [-0.2, -0.15) is 0 Å². The lowest BCUT2D eigenvalue weighted by Crippen LogP contribution is -2.28. The normalized spacial score (nSPS) is 10.9. The quantitative estimate of drug-likeness (QED) is 0.373. The Hall–Kier alpha value is -3.65. The third-order valence-electron chi connectivity index (χ3n) is 5.49. The summed E-state index contributed by atoms with van der Waals surface area (Å²) in [5.41, 5.74) is 5.07. The van der Waals surface area contributed by atoms with E-state index < -0.39 is 0 Å². The van der Waals surface area contributed by atoms with E-state index in [2.05, 4.69) is 10.3 Å². The summed E-state index contributed by atoms with van der Waals surface area (Å²) >= 11 is 1.27. The van der Waals surface area contributed by atoms with Crippen molar-refractivity contribution in [3.05, 3.63) is 83.7 Å². The molecule has 1 heterocycles. The van der Waals surface area contributed by atoms with E-state index in [9.17, 15) is 14.0 Å². The summed E-state index contributed by atoms with van der Waals surface area (Å²) in [6.45, 7) is 4.03. The van der Waals surface area contributed by atoms with Gasteiger partial charge in [-0.3, -0.25) is 9.59 Å². The van der Waals surface area contributed by atoms with Gasteiger partial charge in [0.1, 0.15) is 12.4 Å². The number of aromatic nitrogens is 2. The van der Waals surface area contributed by atoms with Crippen LogP contribution in [0.3, 0.4) is 0 Å². The minimum atomic E-state index is -0.355. The molecule has 0 radical (unpaired) electrons. The number of benzene rings is 3. The Morgan fingerprint density at radius 3 is 2.53 bits per heavy atom. The van der Waals surface area contributed by atoms with E-state index >= 15 is 0 Å². The molecule has 0 saturated heterocycles. The molecule has 0 atom stereocenters. The van der Waals surface area contributed by atoms with E-state index in [1.807, 2.05) is 60.9 Å². The van der Waals surface area contributed by atoms with Gasteiger partial charge in [0.05, 0.1) is 16.8 Å². The van der Waals surface area contributed by atoms with Gasteiger partial charge in [-0.15, -0.1) is 0 Å². The number of imidazole rings is 1.